The minimum absolute atomic E-state index is 0.507. The standard InChI is InChI=1S/C40H26N2O2/c43-39(35-29-15-5-1-11-25(29)23-26-12-2-6-16-30(26)35)33-19-9-21-41-37(33)38-34(20-10-22-42-38)40(39,44)36-31-17-7-3-13-27(31)24-28-14-4-8-18-32(28)36/h1-24,43-44H/t39-,40-/m1/s1. The van der Waals surface area contributed by atoms with Crippen molar-refractivity contribution in [2.24, 2.45) is 0 Å². The van der Waals surface area contributed by atoms with Gasteiger partial charge in [-0.25, -0.2) is 0 Å². The first-order valence-corrected chi connectivity index (χ1v) is 14.8. The third kappa shape index (κ3) is 3.13. The van der Waals surface area contributed by atoms with Gasteiger partial charge in [-0.15, -0.1) is 0 Å². The van der Waals surface area contributed by atoms with Gasteiger partial charge in [0.25, 0.3) is 0 Å². The van der Waals surface area contributed by atoms with Crippen LogP contribution in [0.4, 0.5) is 0 Å². The Bertz CT molecular complexity index is 2170. The molecule has 1 aliphatic rings. The van der Waals surface area contributed by atoms with Gasteiger partial charge in [0, 0.05) is 34.6 Å². The topological polar surface area (TPSA) is 66.2 Å². The molecule has 0 unspecified atom stereocenters. The average molecular weight is 567 g/mol. The molecule has 2 aromatic heterocycles. The van der Waals surface area contributed by atoms with Crippen LogP contribution in [0.1, 0.15) is 22.3 Å². The van der Waals surface area contributed by atoms with Gasteiger partial charge in [-0.1, -0.05) is 109 Å². The van der Waals surface area contributed by atoms with Gasteiger partial charge in [0.2, 0.25) is 0 Å². The number of hydrogen-bond donors (Lipinski definition) is 2. The van der Waals surface area contributed by atoms with E-state index < -0.39 is 11.2 Å². The highest BCUT2D eigenvalue weighted by molar-refractivity contribution is 6.07. The van der Waals surface area contributed by atoms with Crippen molar-refractivity contribution < 1.29 is 10.2 Å². The van der Waals surface area contributed by atoms with Gasteiger partial charge in [0.1, 0.15) is 0 Å². The van der Waals surface area contributed by atoms with Crippen molar-refractivity contribution in [1.29, 1.82) is 0 Å². The summed E-state index contributed by atoms with van der Waals surface area (Å²) in [6.45, 7) is 0. The third-order valence-corrected chi connectivity index (χ3v) is 9.41. The lowest BCUT2D eigenvalue weighted by molar-refractivity contribution is -0.111. The fourth-order valence-electron chi connectivity index (χ4n) is 7.60. The van der Waals surface area contributed by atoms with E-state index in [1.54, 1.807) is 12.4 Å². The second kappa shape index (κ2) is 9.04. The summed E-state index contributed by atoms with van der Waals surface area (Å²) in [6.07, 6.45) is 3.44. The van der Waals surface area contributed by atoms with Crippen LogP contribution in [-0.4, -0.2) is 20.2 Å². The van der Waals surface area contributed by atoms with Crippen molar-refractivity contribution in [2.45, 2.75) is 11.2 Å². The Labute approximate surface area is 253 Å². The Morgan fingerprint density at radius 2 is 0.705 bits per heavy atom. The molecule has 0 spiro atoms. The van der Waals surface area contributed by atoms with Crippen LogP contribution in [0.2, 0.25) is 0 Å². The van der Waals surface area contributed by atoms with Crippen molar-refractivity contribution in [3.05, 3.63) is 168 Å². The molecule has 4 heteroatoms. The lowest BCUT2D eigenvalue weighted by Crippen LogP contribution is -2.54. The minimum atomic E-state index is -1.99. The second-order valence-electron chi connectivity index (χ2n) is 11.6. The fraction of sp³-hybridized carbons (Fsp3) is 0.0500. The van der Waals surface area contributed by atoms with Gasteiger partial charge in [0.15, 0.2) is 11.2 Å². The van der Waals surface area contributed by atoms with Crippen molar-refractivity contribution in [3.63, 3.8) is 0 Å². The summed E-state index contributed by atoms with van der Waals surface area (Å²) in [5, 5.41) is 35.4. The lowest BCUT2D eigenvalue weighted by atomic mass is 9.59. The van der Waals surface area contributed by atoms with Crippen LogP contribution in [0.3, 0.4) is 0 Å². The molecule has 6 aromatic carbocycles. The zero-order chi connectivity index (χ0) is 29.5. The monoisotopic (exact) mass is 566 g/mol. The molecular formula is C40H26N2O2. The van der Waals surface area contributed by atoms with E-state index in [0.717, 1.165) is 43.1 Å². The molecule has 208 valence electrons. The van der Waals surface area contributed by atoms with Gasteiger partial charge >= 0.3 is 0 Å². The van der Waals surface area contributed by atoms with Gasteiger partial charge in [-0.3, -0.25) is 9.97 Å². The van der Waals surface area contributed by atoms with Crippen LogP contribution < -0.4 is 0 Å². The SMILES string of the molecule is O[C@@]1(c2c3ccccc3cc3ccccc23)c2cccnc2-c2ncccc2[C@@]1(O)c1c2ccccc2cc2ccccc12. The van der Waals surface area contributed by atoms with Crippen molar-refractivity contribution >= 4 is 43.1 Å². The molecule has 8 aromatic rings. The molecule has 0 aliphatic heterocycles. The molecule has 0 bridgehead atoms. The number of hydrogen-bond acceptors (Lipinski definition) is 4. The summed E-state index contributed by atoms with van der Waals surface area (Å²) in [6, 6.07) is 44.0. The normalized spacial score (nSPS) is 19.3. The van der Waals surface area contributed by atoms with Crippen LogP contribution in [0.15, 0.2) is 146 Å². The van der Waals surface area contributed by atoms with E-state index in [1.807, 2.05) is 97.1 Å². The molecule has 9 rings (SSSR count). The summed E-state index contributed by atoms with van der Waals surface area (Å²) < 4.78 is 0. The van der Waals surface area contributed by atoms with E-state index in [1.165, 1.54) is 0 Å². The van der Waals surface area contributed by atoms with Gasteiger partial charge in [0.05, 0.1) is 11.4 Å². The van der Waals surface area contributed by atoms with Crippen LogP contribution in [0.5, 0.6) is 0 Å². The number of pyridine rings is 2. The predicted octanol–water partition coefficient (Wildman–Crippen LogP) is 8.24. The van der Waals surface area contributed by atoms with E-state index in [-0.39, 0.29) is 0 Å². The Hall–Kier alpha value is -5.42. The number of fused-ring (bicyclic) bond motifs is 7. The first-order chi connectivity index (χ1) is 21.6. The largest absolute Gasteiger partial charge is 0.376 e. The highest BCUT2D eigenvalue weighted by Crippen LogP contribution is 2.60. The number of rotatable bonds is 2. The van der Waals surface area contributed by atoms with Crippen LogP contribution >= 0.6 is 0 Å². The Morgan fingerprint density at radius 3 is 1.05 bits per heavy atom. The maximum Gasteiger partial charge on any atom is 0.155 e. The first kappa shape index (κ1) is 25.1. The summed E-state index contributed by atoms with van der Waals surface area (Å²) >= 11 is 0. The van der Waals surface area contributed by atoms with E-state index in [9.17, 15) is 10.2 Å². The number of nitrogens with zero attached hydrogens (tertiary/aromatic N) is 2. The molecule has 0 saturated heterocycles. The van der Waals surface area contributed by atoms with E-state index in [4.69, 9.17) is 9.97 Å². The van der Waals surface area contributed by atoms with Crippen LogP contribution in [0.25, 0.3) is 54.5 Å². The summed E-state index contributed by atoms with van der Waals surface area (Å²) in [5.74, 6) is 0. The molecule has 44 heavy (non-hydrogen) atoms. The third-order valence-electron chi connectivity index (χ3n) is 9.41. The molecule has 0 fully saturated rings. The van der Waals surface area contributed by atoms with E-state index >= 15 is 0 Å². The van der Waals surface area contributed by atoms with Crippen LogP contribution in [-0.2, 0) is 11.2 Å². The Balaban J connectivity index is 1.58. The van der Waals surface area contributed by atoms with Crippen LogP contribution in [0, 0.1) is 0 Å². The van der Waals surface area contributed by atoms with Crippen molar-refractivity contribution in [2.75, 3.05) is 0 Å². The maximum atomic E-state index is 14.0. The van der Waals surface area contributed by atoms with E-state index in [0.29, 0.717) is 33.6 Å². The highest BCUT2D eigenvalue weighted by Gasteiger charge is 2.61. The molecule has 2 heterocycles. The molecule has 4 nitrogen and oxygen atoms in total. The Morgan fingerprint density at radius 1 is 0.386 bits per heavy atom. The molecule has 0 saturated carbocycles. The predicted molar refractivity (Wildman–Crippen MR) is 176 cm³/mol. The number of aliphatic hydroxyl groups is 2. The molecule has 1 aliphatic carbocycles. The molecule has 0 radical (unpaired) electrons. The quantitative estimate of drug-likeness (QED) is 0.207. The molecule has 0 amide bonds. The van der Waals surface area contributed by atoms with Crippen molar-refractivity contribution in [3.8, 4) is 11.4 Å². The summed E-state index contributed by atoms with van der Waals surface area (Å²) in [4.78, 5) is 9.58. The van der Waals surface area contributed by atoms with Gasteiger partial charge in [-0.05, 0) is 67.4 Å². The highest BCUT2D eigenvalue weighted by atomic mass is 16.4. The zero-order valence-electron chi connectivity index (χ0n) is 23.6. The van der Waals surface area contributed by atoms with Gasteiger partial charge < -0.3 is 10.2 Å². The Kier molecular flexibility index (Phi) is 5.16. The fourth-order valence-corrected chi connectivity index (χ4v) is 7.60. The summed E-state index contributed by atoms with van der Waals surface area (Å²) in [5.41, 5.74) is -0.586. The van der Waals surface area contributed by atoms with Crippen molar-refractivity contribution in [1.82, 2.24) is 9.97 Å². The summed E-state index contributed by atoms with van der Waals surface area (Å²) in [7, 11) is 0. The first-order valence-electron chi connectivity index (χ1n) is 14.8. The lowest BCUT2D eigenvalue weighted by Gasteiger charge is -2.50. The van der Waals surface area contributed by atoms with Gasteiger partial charge in [-0.2, -0.15) is 0 Å². The molecule has 2 atom stereocenters. The molecule has 2 N–H and O–H groups in total. The maximum absolute atomic E-state index is 14.0. The number of aromatic nitrogens is 2. The second-order valence-corrected chi connectivity index (χ2v) is 11.6. The average Bonchev–Trinajstić information content (AvgIpc) is 3.08. The molecular weight excluding hydrogens is 540 g/mol. The van der Waals surface area contributed by atoms with E-state index in [2.05, 4.69) is 36.4 Å². The smallest absolute Gasteiger partial charge is 0.155 e. The number of benzene rings is 6. The minimum Gasteiger partial charge on any atom is -0.376 e. The zero-order valence-corrected chi connectivity index (χ0v) is 23.6.